The zero-order chi connectivity index (χ0) is 64.3. The molecule has 0 aliphatic heterocycles. The van der Waals surface area contributed by atoms with Gasteiger partial charge in [-0.15, -0.1) is 0 Å². The van der Waals surface area contributed by atoms with Crippen molar-refractivity contribution in [3.63, 3.8) is 0 Å². The van der Waals surface area contributed by atoms with E-state index in [-0.39, 0.29) is 0 Å². The van der Waals surface area contributed by atoms with E-state index in [0.717, 1.165) is 0 Å². The lowest BCUT2D eigenvalue weighted by molar-refractivity contribution is -0.498. The van der Waals surface area contributed by atoms with E-state index in [4.69, 9.17) is 0 Å². The number of hydrogen-bond acceptors (Lipinski definition) is 0. The largest absolute Gasteiger partial charge is 0.460 e. The van der Waals surface area contributed by atoms with Crippen LogP contribution in [0, 0.1) is 6.33 Å². The predicted molar refractivity (Wildman–Crippen MR) is 129 cm³/mol. The number of rotatable bonds is 23. The molecule has 0 bridgehead atoms. The average molecular weight is 1280 g/mol. The van der Waals surface area contributed by atoms with Crippen molar-refractivity contribution in [3.05, 3.63) is 12.2 Å². The molecule has 1 radical (unpaired) electrons. The van der Waals surface area contributed by atoms with Gasteiger partial charge in [-0.25, -0.2) is 8.78 Å². The van der Waals surface area contributed by atoms with Crippen LogP contribution in [0.1, 0.15) is 0 Å². The van der Waals surface area contributed by atoms with Crippen molar-refractivity contribution in [2.75, 3.05) is 0 Å². The Morgan fingerprint density at radius 1 is 0.156 bits per heavy atom. The van der Waals surface area contributed by atoms with E-state index < -0.39 is 155 Å². The Bertz CT molecular complexity index is 2170. The Kier molecular flexibility index (Phi) is 16.7. The second kappa shape index (κ2) is 17.6. The molecule has 0 saturated carbocycles. The van der Waals surface area contributed by atoms with Crippen molar-refractivity contribution in [3.8, 4) is 0 Å². The molecule has 0 amide bonds. The summed E-state index contributed by atoms with van der Waals surface area (Å²) in [4.78, 5) is 0. The minimum Gasteiger partial charge on any atom is -0.201 e. The van der Waals surface area contributed by atoms with Crippen LogP contribution >= 0.6 is 0 Å². The fraction of sp³-hybridized carbons (Fsp3) is 0.923. The molecule has 51 heteroatoms. The van der Waals surface area contributed by atoms with Crippen molar-refractivity contribution >= 4 is 0 Å². The summed E-state index contributed by atoms with van der Waals surface area (Å²) in [6.07, 6.45) is -10.2. The molecular weight excluding hydrogens is 1280 g/mol. The predicted octanol–water partition coefficient (Wildman–Crippen LogP) is 16.7. The highest BCUT2D eigenvalue weighted by atomic mass is 19.5. The van der Waals surface area contributed by atoms with Gasteiger partial charge in [-0.2, -0.15) is 215 Å². The van der Waals surface area contributed by atoms with E-state index in [1.165, 1.54) is 0 Å². The summed E-state index contributed by atoms with van der Waals surface area (Å²) in [5, 5.41) is 0. The summed E-state index contributed by atoms with van der Waals surface area (Å²) in [5.74, 6) is -244. The lowest BCUT2D eigenvalue weighted by Gasteiger charge is -2.48. The molecule has 0 aromatic carbocycles. The monoisotopic (exact) mass is 1280 g/mol. The van der Waals surface area contributed by atoms with Gasteiger partial charge < -0.3 is 0 Å². The van der Waals surface area contributed by atoms with Gasteiger partial charge in [0.25, 0.3) is 0 Å². The lowest BCUT2D eigenvalue weighted by Crippen LogP contribution is -2.81. The summed E-state index contributed by atoms with van der Waals surface area (Å²) in [6.45, 7) is 0. The third-order valence-electron chi connectivity index (χ3n) is 9.39. The van der Waals surface area contributed by atoms with Gasteiger partial charge in [0.1, 0.15) is 0 Å². The molecule has 0 heterocycles. The third-order valence-corrected chi connectivity index (χ3v) is 9.39. The molecule has 0 N–H and O–H groups in total. The van der Waals surface area contributed by atoms with Gasteiger partial charge in [0.05, 0.1) is 0 Å². The molecule has 0 rings (SSSR count). The molecule has 0 aromatic rings. The molecule has 77 heavy (non-hydrogen) atoms. The highest BCUT2D eigenvalue weighted by Crippen LogP contribution is 2.73. The SMILES string of the molecule is F/[C]=C(\F)C(F)(F)C(F)(F)C(F)(F)C(F)(F)C(F)(F)C(F)(F)C(F)(F)C(F)(F)C(F)(F)C(F)(F)C(F)(F)C(F)(F)C(F)(F)C(F)(F)C(F)(F)C(F)(F)C(F)(F)C(F)(F)C(F)(F)C(F)(F)C(F)(F)C(F)(F)C(F)(F)C(F)(F)F. The van der Waals surface area contributed by atoms with Gasteiger partial charge in [-0.3, -0.25) is 0 Å². The van der Waals surface area contributed by atoms with Crippen LogP contribution in [0.15, 0.2) is 5.83 Å². The quantitative estimate of drug-likeness (QED) is 0.0895. The molecule has 0 fully saturated rings. The van der Waals surface area contributed by atoms with Crippen LogP contribution in [0.3, 0.4) is 0 Å². The molecule has 0 aliphatic carbocycles. The number of hydrogen-bond donors (Lipinski definition) is 0. The first-order chi connectivity index (χ1) is 32.2. The average Bonchev–Trinajstić information content (AvgIpc) is 3.20. The first-order valence-electron chi connectivity index (χ1n) is 15.9. The number of allylic oxidation sites excluding steroid dienone is 1. The highest BCUT2D eigenvalue weighted by molar-refractivity contribution is 5.25. The van der Waals surface area contributed by atoms with E-state index in [1.807, 2.05) is 0 Å². The van der Waals surface area contributed by atoms with Crippen molar-refractivity contribution in [2.45, 2.75) is 142 Å². The molecule has 0 spiro atoms. The number of alkyl halides is 49. The van der Waals surface area contributed by atoms with Crippen LogP contribution in [0.2, 0.25) is 0 Å². The van der Waals surface area contributed by atoms with E-state index in [0.29, 0.717) is 0 Å². The van der Waals surface area contributed by atoms with E-state index in [9.17, 15) is 224 Å². The second-order valence-corrected chi connectivity index (χ2v) is 14.1. The fourth-order valence-electron chi connectivity index (χ4n) is 4.52. The Morgan fingerprint density at radius 3 is 0.338 bits per heavy atom. The lowest BCUT2D eigenvalue weighted by atomic mass is 9.81. The summed E-state index contributed by atoms with van der Waals surface area (Å²) < 4.78 is 696. The van der Waals surface area contributed by atoms with Crippen LogP contribution in [0.5, 0.6) is 0 Å². The number of halogens is 51. The van der Waals surface area contributed by atoms with E-state index in [2.05, 4.69) is 0 Å². The zero-order valence-electron chi connectivity index (χ0n) is 32.3. The molecule has 0 nitrogen and oxygen atoms in total. The first kappa shape index (κ1) is 73.2. The minimum atomic E-state index is -11.0. The van der Waals surface area contributed by atoms with Gasteiger partial charge in [0, 0.05) is 0 Å². The summed E-state index contributed by atoms with van der Waals surface area (Å²) in [6, 6.07) is 0. The summed E-state index contributed by atoms with van der Waals surface area (Å²) in [7, 11) is 0. The Balaban J connectivity index is 8.22. The molecule has 0 saturated heterocycles. The van der Waals surface area contributed by atoms with Crippen LogP contribution in [-0.4, -0.2) is 142 Å². The van der Waals surface area contributed by atoms with Crippen molar-refractivity contribution in [1.29, 1.82) is 0 Å². The van der Waals surface area contributed by atoms with E-state index >= 15 is 0 Å². The van der Waals surface area contributed by atoms with Crippen molar-refractivity contribution in [1.82, 2.24) is 0 Å². The minimum absolute atomic E-state index is 1.56. The fourth-order valence-corrected chi connectivity index (χ4v) is 4.52. The van der Waals surface area contributed by atoms with Crippen LogP contribution < -0.4 is 0 Å². The molecule has 0 unspecified atom stereocenters. The maximum absolute atomic E-state index is 14.1. The Hall–Kier alpha value is -3.83. The Labute approximate surface area is 380 Å². The van der Waals surface area contributed by atoms with Gasteiger partial charge in [-0.05, 0) is 0 Å². The van der Waals surface area contributed by atoms with Gasteiger partial charge in [-0.1, -0.05) is 0 Å². The van der Waals surface area contributed by atoms with Crippen molar-refractivity contribution in [2.24, 2.45) is 0 Å². The van der Waals surface area contributed by atoms with Gasteiger partial charge in [0.2, 0.25) is 5.83 Å². The normalized spacial score (nSPS) is 17.6. The van der Waals surface area contributed by atoms with Gasteiger partial charge >= 0.3 is 142 Å². The maximum atomic E-state index is 14.1. The maximum Gasteiger partial charge on any atom is 0.460 e. The smallest absolute Gasteiger partial charge is 0.201 e. The van der Waals surface area contributed by atoms with Gasteiger partial charge in [0.15, 0.2) is 6.33 Å². The first-order valence-corrected chi connectivity index (χ1v) is 15.9. The molecule has 461 valence electrons. The van der Waals surface area contributed by atoms with Crippen molar-refractivity contribution < 1.29 is 224 Å². The van der Waals surface area contributed by atoms with E-state index in [1.54, 1.807) is 0 Å². The van der Waals surface area contributed by atoms with Crippen LogP contribution in [-0.2, 0) is 0 Å². The standard InChI is InChI=1S/C26F51/c27-1-2(28)3(29,30)4(31,32)5(33,34)6(35,36)7(37,38)8(39,40)9(41,42)10(43,44)11(45,46)12(47,48)13(49,50)14(51,52)15(53,54)16(55,56)17(57,58)18(59,60)19(61,62)20(63,64)21(65,66)22(67,68)23(69,70)24(71,72)25(73,74)26(75,76)77. The third kappa shape index (κ3) is 7.97. The zero-order valence-corrected chi connectivity index (χ0v) is 32.3. The molecule has 0 aromatic heterocycles. The topological polar surface area (TPSA) is 0 Å². The molecule has 0 aliphatic rings. The van der Waals surface area contributed by atoms with Crippen LogP contribution in [0.4, 0.5) is 224 Å². The van der Waals surface area contributed by atoms with Crippen LogP contribution in [0.25, 0.3) is 0 Å². The highest BCUT2D eigenvalue weighted by Gasteiger charge is 3.04. The Morgan fingerprint density at radius 2 is 0.247 bits per heavy atom. The summed E-state index contributed by atoms with van der Waals surface area (Å²) >= 11 is 0. The molecule has 0 atom stereocenters. The second-order valence-electron chi connectivity index (χ2n) is 14.1. The molecular formula is C26F51. The summed E-state index contributed by atoms with van der Waals surface area (Å²) in [5.41, 5.74) is 0.